The van der Waals surface area contributed by atoms with Crippen LogP contribution in [-0.4, -0.2) is 32.8 Å². The first-order chi connectivity index (χ1) is 12.7. The minimum Gasteiger partial charge on any atom is -0.346 e. The summed E-state index contributed by atoms with van der Waals surface area (Å²) in [6, 6.07) is 10.0. The van der Waals surface area contributed by atoms with Crippen LogP contribution in [0.5, 0.6) is 0 Å². The highest BCUT2D eigenvalue weighted by Crippen LogP contribution is 2.28. The number of aryl methyl sites for hydroxylation is 1. The van der Waals surface area contributed by atoms with Crippen molar-refractivity contribution in [1.29, 1.82) is 0 Å². The molecule has 0 atom stereocenters. The zero-order valence-electron chi connectivity index (χ0n) is 17.4. The van der Waals surface area contributed by atoms with E-state index in [0.717, 1.165) is 22.2 Å². The zero-order chi connectivity index (χ0) is 19.8. The van der Waals surface area contributed by atoms with E-state index in [1.165, 1.54) is 0 Å². The molecule has 0 radical (unpaired) electrons. The predicted octanol–water partition coefficient (Wildman–Crippen LogP) is 4.30. The van der Waals surface area contributed by atoms with E-state index in [1.807, 2.05) is 69.6 Å². The Hall–Kier alpha value is -2.15. The van der Waals surface area contributed by atoms with E-state index in [0.29, 0.717) is 17.8 Å². The van der Waals surface area contributed by atoms with E-state index in [9.17, 15) is 4.79 Å². The second kappa shape index (κ2) is 9.57. The molecule has 29 heavy (non-hydrogen) atoms. The molecule has 6 nitrogen and oxygen atoms in total. The van der Waals surface area contributed by atoms with E-state index in [-0.39, 0.29) is 36.8 Å². The van der Waals surface area contributed by atoms with E-state index in [1.54, 1.807) is 6.20 Å². The van der Waals surface area contributed by atoms with Gasteiger partial charge in [0.1, 0.15) is 0 Å². The molecule has 0 saturated heterocycles. The zero-order valence-corrected chi connectivity index (χ0v) is 19.0. The van der Waals surface area contributed by atoms with Gasteiger partial charge in [-0.25, -0.2) is 9.67 Å². The van der Waals surface area contributed by atoms with E-state index < -0.39 is 5.54 Å². The average molecular weight is 438 g/mol. The van der Waals surface area contributed by atoms with Crippen molar-refractivity contribution in [3.05, 3.63) is 47.7 Å². The van der Waals surface area contributed by atoms with Crippen molar-refractivity contribution in [2.75, 3.05) is 6.54 Å². The van der Waals surface area contributed by atoms with Gasteiger partial charge in [-0.2, -0.15) is 5.10 Å². The van der Waals surface area contributed by atoms with Crippen molar-refractivity contribution >= 4 is 41.8 Å². The number of rotatable bonds is 5. The molecule has 8 heteroatoms. The fourth-order valence-electron chi connectivity index (χ4n) is 3.01. The van der Waals surface area contributed by atoms with Crippen LogP contribution in [0.15, 0.2) is 36.5 Å². The molecule has 3 rings (SSSR count). The third kappa shape index (κ3) is 5.07. The normalized spacial score (nSPS) is 11.1. The standard InChI is InChI=1S/C21H27N5O.2ClH/c1-13(2)26-19-17(11-23-26)16(20(27)25-21(4,5)12-22)10-18(24-19)15-9-7-6-8-14(15)3;;/h6-11,13H,12,22H2,1-5H3,(H,25,27);2*1H. The molecule has 0 spiro atoms. The fourth-order valence-corrected chi connectivity index (χ4v) is 3.01. The summed E-state index contributed by atoms with van der Waals surface area (Å²) in [5, 5.41) is 8.22. The molecule has 0 aliphatic rings. The summed E-state index contributed by atoms with van der Waals surface area (Å²) >= 11 is 0. The van der Waals surface area contributed by atoms with Gasteiger partial charge in [-0.15, -0.1) is 24.8 Å². The first kappa shape index (κ1) is 24.9. The van der Waals surface area contributed by atoms with Gasteiger partial charge in [-0.3, -0.25) is 4.79 Å². The maximum atomic E-state index is 13.0. The van der Waals surface area contributed by atoms with Crippen molar-refractivity contribution in [1.82, 2.24) is 20.1 Å². The number of nitrogens with one attached hydrogen (secondary N) is 1. The number of benzene rings is 1. The summed E-state index contributed by atoms with van der Waals surface area (Å²) < 4.78 is 1.85. The van der Waals surface area contributed by atoms with Crippen LogP contribution in [0, 0.1) is 6.92 Å². The van der Waals surface area contributed by atoms with Gasteiger partial charge in [0.25, 0.3) is 5.91 Å². The van der Waals surface area contributed by atoms with Gasteiger partial charge in [0, 0.05) is 23.7 Å². The molecular weight excluding hydrogens is 409 g/mol. The molecule has 2 aromatic heterocycles. The Morgan fingerprint density at radius 1 is 1.24 bits per heavy atom. The third-order valence-electron chi connectivity index (χ3n) is 4.68. The summed E-state index contributed by atoms with van der Waals surface area (Å²) in [6.07, 6.45) is 1.72. The van der Waals surface area contributed by atoms with Gasteiger partial charge in [-0.1, -0.05) is 24.3 Å². The Balaban J connectivity index is 0.00000210. The number of amides is 1. The number of hydrogen-bond donors (Lipinski definition) is 2. The van der Waals surface area contributed by atoms with Crippen LogP contribution >= 0.6 is 24.8 Å². The van der Waals surface area contributed by atoms with Crippen LogP contribution in [-0.2, 0) is 0 Å². The molecule has 3 N–H and O–H groups in total. The van der Waals surface area contributed by atoms with Crippen molar-refractivity contribution in [2.45, 2.75) is 46.2 Å². The van der Waals surface area contributed by atoms with Crippen LogP contribution in [0.3, 0.4) is 0 Å². The minimum atomic E-state index is -0.496. The van der Waals surface area contributed by atoms with Crippen molar-refractivity contribution < 1.29 is 4.79 Å². The second-order valence-electron chi connectivity index (χ2n) is 7.83. The molecule has 0 unspecified atom stereocenters. The molecule has 0 bridgehead atoms. The Bertz CT molecular complexity index is 998. The van der Waals surface area contributed by atoms with Gasteiger partial charge in [0.05, 0.1) is 22.8 Å². The Kier molecular flexibility index (Phi) is 8.21. The minimum absolute atomic E-state index is 0. The molecule has 0 aliphatic carbocycles. The molecule has 2 heterocycles. The van der Waals surface area contributed by atoms with Crippen LogP contribution in [0.4, 0.5) is 0 Å². The van der Waals surface area contributed by atoms with Gasteiger partial charge >= 0.3 is 0 Å². The average Bonchev–Trinajstić information content (AvgIpc) is 3.05. The highest BCUT2D eigenvalue weighted by atomic mass is 35.5. The van der Waals surface area contributed by atoms with Crippen LogP contribution in [0.25, 0.3) is 22.3 Å². The highest BCUT2D eigenvalue weighted by Gasteiger charge is 2.23. The number of nitrogens with two attached hydrogens (primary N) is 1. The van der Waals surface area contributed by atoms with Crippen molar-refractivity contribution in [2.24, 2.45) is 5.73 Å². The Labute approximate surface area is 184 Å². The molecule has 0 saturated carbocycles. The van der Waals surface area contributed by atoms with Gasteiger partial charge in [0.15, 0.2) is 5.65 Å². The maximum Gasteiger partial charge on any atom is 0.252 e. The Morgan fingerprint density at radius 2 is 1.90 bits per heavy atom. The summed E-state index contributed by atoms with van der Waals surface area (Å²) in [5.74, 6) is -0.170. The quantitative estimate of drug-likeness (QED) is 0.622. The van der Waals surface area contributed by atoms with E-state index in [2.05, 4.69) is 10.4 Å². The maximum absolute atomic E-state index is 13.0. The summed E-state index contributed by atoms with van der Waals surface area (Å²) in [7, 11) is 0. The number of hydrogen-bond acceptors (Lipinski definition) is 4. The lowest BCUT2D eigenvalue weighted by molar-refractivity contribution is 0.0917. The molecule has 0 aliphatic heterocycles. The molecule has 1 aromatic carbocycles. The largest absolute Gasteiger partial charge is 0.346 e. The van der Waals surface area contributed by atoms with Gasteiger partial charge < -0.3 is 11.1 Å². The topological polar surface area (TPSA) is 85.8 Å². The number of fused-ring (bicyclic) bond motifs is 1. The predicted molar refractivity (Wildman–Crippen MR) is 123 cm³/mol. The first-order valence-electron chi connectivity index (χ1n) is 9.20. The van der Waals surface area contributed by atoms with Crippen LogP contribution in [0.2, 0.25) is 0 Å². The molecule has 3 aromatic rings. The lowest BCUT2D eigenvalue weighted by Gasteiger charge is -2.24. The number of nitrogens with zero attached hydrogens (tertiary/aromatic N) is 3. The summed E-state index contributed by atoms with van der Waals surface area (Å²) in [4.78, 5) is 17.9. The van der Waals surface area contributed by atoms with Crippen molar-refractivity contribution in [3.63, 3.8) is 0 Å². The summed E-state index contributed by atoms with van der Waals surface area (Å²) in [6.45, 7) is 10.3. The fraction of sp³-hybridized carbons (Fsp3) is 0.381. The molecule has 1 amide bonds. The molecule has 0 fully saturated rings. The van der Waals surface area contributed by atoms with Crippen LogP contribution in [0.1, 0.15) is 49.7 Å². The number of pyridine rings is 1. The van der Waals surface area contributed by atoms with E-state index in [4.69, 9.17) is 10.7 Å². The van der Waals surface area contributed by atoms with Gasteiger partial charge in [0.2, 0.25) is 0 Å². The first-order valence-corrected chi connectivity index (χ1v) is 9.20. The number of aromatic nitrogens is 3. The highest BCUT2D eigenvalue weighted by molar-refractivity contribution is 6.06. The monoisotopic (exact) mass is 437 g/mol. The molecular formula is C21H29Cl2N5O. The lowest BCUT2D eigenvalue weighted by Crippen LogP contribution is -2.48. The number of carbonyl (C=O) groups excluding carboxylic acids is 1. The van der Waals surface area contributed by atoms with Crippen molar-refractivity contribution in [3.8, 4) is 11.3 Å². The van der Waals surface area contributed by atoms with E-state index >= 15 is 0 Å². The smallest absolute Gasteiger partial charge is 0.252 e. The lowest BCUT2D eigenvalue weighted by atomic mass is 10.0. The molecule has 158 valence electrons. The Morgan fingerprint density at radius 3 is 2.48 bits per heavy atom. The number of carbonyl (C=O) groups is 1. The number of halogens is 2. The van der Waals surface area contributed by atoms with Crippen LogP contribution < -0.4 is 11.1 Å². The summed E-state index contributed by atoms with van der Waals surface area (Å²) in [5.41, 5.74) is 9.43. The SMILES string of the molecule is Cc1ccccc1-c1cc(C(=O)NC(C)(C)CN)c2cnn(C(C)C)c2n1.Cl.Cl. The third-order valence-corrected chi connectivity index (χ3v) is 4.68. The van der Waals surface area contributed by atoms with Gasteiger partial charge in [-0.05, 0) is 46.2 Å². The second-order valence-corrected chi connectivity index (χ2v) is 7.83.